The molecule has 0 N–H and O–H groups in total. The van der Waals surface area contributed by atoms with Crippen molar-refractivity contribution in [1.82, 2.24) is 4.98 Å². The Kier molecular flexibility index (Phi) is 5.50. The van der Waals surface area contributed by atoms with Crippen molar-refractivity contribution in [2.75, 3.05) is 13.2 Å². The van der Waals surface area contributed by atoms with Crippen molar-refractivity contribution in [2.45, 2.75) is 25.6 Å². The largest absolute Gasteiger partial charge is 0.491 e. The monoisotopic (exact) mass is 385 g/mol. The first-order valence-electron chi connectivity index (χ1n) is 8.78. The minimum Gasteiger partial charge on any atom is -0.491 e. The van der Waals surface area contributed by atoms with Crippen molar-refractivity contribution in [3.8, 4) is 16.5 Å². The zero-order chi connectivity index (χ0) is 18.5. The lowest BCUT2D eigenvalue weighted by molar-refractivity contribution is 0.0467. The molecule has 1 aliphatic heterocycles. The van der Waals surface area contributed by atoms with Crippen molar-refractivity contribution in [3.63, 3.8) is 0 Å². The molecule has 1 aromatic carbocycles. The van der Waals surface area contributed by atoms with Gasteiger partial charge in [0.2, 0.25) is 5.89 Å². The highest BCUT2D eigenvalue weighted by molar-refractivity contribution is 7.13. The van der Waals surface area contributed by atoms with Crippen molar-refractivity contribution in [2.24, 2.45) is 0 Å². The summed E-state index contributed by atoms with van der Waals surface area (Å²) in [5, 5.41) is 1.95. The van der Waals surface area contributed by atoms with Crippen LogP contribution in [0.15, 0.2) is 52.5 Å². The van der Waals surface area contributed by atoms with Crippen LogP contribution in [0, 0.1) is 0 Å². The number of nitrogens with zero attached hydrogens (tertiary/aromatic N) is 1. The summed E-state index contributed by atoms with van der Waals surface area (Å²) < 4.78 is 21.9. The smallest absolute Gasteiger partial charge is 0.338 e. The van der Waals surface area contributed by atoms with Crippen LogP contribution >= 0.6 is 11.3 Å². The number of benzene rings is 1. The number of esters is 1. The number of ether oxygens (including phenoxy) is 3. The molecule has 3 aromatic rings. The Bertz CT molecular complexity index is 866. The molecule has 7 heteroatoms. The maximum absolute atomic E-state index is 12.2. The summed E-state index contributed by atoms with van der Waals surface area (Å²) in [5.41, 5.74) is 1.03. The number of hydrogen-bond acceptors (Lipinski definition) is 7. The summed E-state index contributed by atoms with van der Waals surface area (Å²) in [6.07, 6.45) is 3.78. The van der Waals surface area contributed by atoms with Crippen LogP contribution in [0.1, 0.15) is 28.9 Å². The molecule has 1 aliphatic rings. The average Bonchev–Trinajstić information content (AvgIpc) is 3.47. The van der Waals surface area contributed by atoms with E-state index in [0.717, 1.165) is 24.3 Å². The van der Waals surface area contributed by atoms with Crippen LogP contribution in [0.3, 0.4) is 0 Å². The minimum absolute atomic E-state index is 0.0605. The minimum atomic E-state index is -0.415. The quantitative estimate of drug-likeness (QED) is 0.564. The number of hydrogen-bond donors (Lipinski definition) is 0. The zero-order valence-electron chi connectivity index (χ0n) is 14.6. The third-order valence-corrected chi connectivity index (χ3v) is 5.04. The fourth-order valence-corrected chi connectivity index (χ4v) is 3.42. The van der Waals surface area contributed by atoms with E-state index in [1.54, 1.807) is 35.6 Å². The molecule has 4 rings (SSSR count). The predicted molar refractivity (Wildman–Crippen MR) is 99.8 cm³/mol. The normalized spacial score (nSPS) is 16.4. The molecule has 0 amide bonds. The number of aromatic nitrogens is 1. The van der Waals surface area contributed by atoms with Crippen molar-refractivity contribution in [3.05, 3.63) is 59.3 Å². The highest BCUT2D eigenvalue weighted by Crippen LogP contribution is 2.24. The van der Waals surface area contributed by atoms with Gasteiger partial charge in [0.15, 0.2) is 0 Å². The zero-order valence-corrected chi connectivity index (χ0v) is 15.4. The molecule has 27 heavy (non-hydrogen) atoms. The van der Waals surface area contributed by atoms with Gasteiger partial charge in [-0.2, -0.15) is 0 Å². The Hall–Kier alpha value is -2.64. The Morgan fingerprint density at radius 2 is 2.15 bits per heavy atom. The number of oxazole rings is 1. The van der Waals surface area contributed by atoms with E-state index in [1.807, 2.05) is 17.5 Å². The van der Waals surface area contributed by atoms with E-state index in [2.05, 4.69) is 4.98 Å². The van der Waals surface area contributed by atoms with Gasteiger partial charge in [-0.15, -0.1) is 11.3 Å². The van der Waals surface area contributed by atoms with Gasteiger partial charge in [0.25, 0.3) is 0 Å². The Labute approximate surface area is 160 Å². The van der Waals surface area contributed by atoms with Crippen molar-refractivity contribution < 1.29 is 23.4 Å². The number of carbonyl (C=O) groups is 1. The maximum atomic E-state index is 12.2. The fourth-order valence-electron chi connectivity index (χ4n) is 2.76. The molecule has 1 fully saturated rings. The van der Waals surface area contributed by atoms with Crippen LogP contribution in [0.2, 0.25) is 0 Å². The second-order valence-corrected chi connectivity index (χ2v) is 7.12. The van der Waals surface area contributed by atoms with E-state index < -0.39 is 5.97 Å². The number of carbonyl (C=O) groups excluding carboxylic acids is 1. The number of rotatable bonds is 7. The van der Waals surface area contributed by atoms with Gasteiger partial charge in [-0.05, 0) is 48.6 Å². The molecule has 2 aromatic heterocycles. The SMILES string of the molecule is O=C(OCc1coc(-c2cccs2)n1)c1ccc(OCC2CCCO2)cc1. The molecule has 1 saturated heterocycles. The van der Waals surface area contributed by atoms with Gasteiger partial charge in [0, 0.05) is 6.61 Å². The molecular formula is C20H19NO5S. The van der Waals surface area contributed by atoms with Gasteiger partial charge in [0.05, 0.1) is 16.5 Å². The highest BCUT2D eigenvalue weighted by atomic mass is 32.1. The summed E-state index contributed by atoms with van der Waals surface area (Å²) in [4.78, 5) is 17.5. The van der Waals surface area contributed by atoms with E-state index in [4.69, 9.17) is 18.6 Å². The first-order chi connectivity index (χ1) is 13.3. The second kappa shape index (κ2) is 8.37. The third-order valence-electron chi connectivity index (χ3n) is 4.18. The molecular weight excluding hydrogens is 366 g/mol. The van der Waals surface area contributed by atoms with Gasteiger partial charge in [-0.25, -0.2) is 9.78 Å². The van der Waals surface area contributed by atoms with E-state index in [1.165, 1.54) is 6.26 Å². The molecule has 6 nitrogen and oxygen atoms in total. The second-order valence-electron chi connectivity index (χ2n) is 6.17. The lowest BCUT2D eigenvalue weighted by atomic mass is 10.2. The van der Waals surface area contributed by atoms with Gasteiger partial charge >= 0.3 is 5.97 Å². The molecule has 0 radical (unpaired) electrons. The Morgan fingerprint density at radius 3 is 2.89 bits per heavy atom. The number of thiophene rings is 1. The fraction of sp³-hybridized carbons (Fsp3) is 0.300. The van der Waals surface area contributed by atoms with Crippen LogP contribution in [0.5, 0.6) is 5.75 Å². The molecule has 0 saturated carbocycles. The lowest BCUT2D eigenvalue weighted by Crippen LogP contribution is -2.16. The maximum Gasteiger partial charge on any atom is 0.338 e. The predicted octanol–water partition coefficient (Wildman–Crippen LogP) is 4.32. The van der Waals surface area contributed by atoms with Gasteiger partial charge in [0.1, 0.15) is 30.9 Å². The van der Waals surface area contributed by atoms with E-state index in [9.17, 15) is 4.79 Å². The van der Waals surface area contributed by atoms with E-state index >= 15 is 0 Å². The topological polar surface area (TPSA) is 70.8 Å². The first kappa shape index (κ1) is 17.8. The molecule has 140 valence electrons. The Morgan fingerprint density at radius 1 is 1.26 bits per heavy atom. The van der Waals surface area contributed by atoms with Crippen LogP contribution in [-0.4, -0.2) is 30.3 Å². The summed E-state index contributed by atoms with van der Waals surface area (Å²) in [6, 6.07) is 10.7. The molecule has 0 aliphatic carbocycles. The van der Waals surface area contributed by atoms with Crippen molar-refractivity contribution in [1.29, 1.82) is 0 Å². The lowest BCUT2D eigenvalue weighted by Gasteiger charge is -2.11. The van der Waals surface area contributed by atoms with Crippen molar-refractivity contribution >= 4 is 17.3 Å². The van der Waals surface area contributed by atoms with E-state index in [0.29, 0.717) is 29.5 Å². The molecule has 1 unspecified atom stereocenters. The van der Waals surface area contributed by atoms with Crippen LogP contribution in [0.4, 0.5) is 0 Å². The van der Waals surface area contributed by atoms with Gasteiger partial charge in [-0.1, -0.05) is 6.07 Å². The summed E-state index contributed by atoms with van der Waals surface area (Å²) in [7, 11) is 0. The van der Waals surface area contributed by atoms with Gasteiger partial charge in [-0.3, -0.25) is 0 Å². The summed E-state index contributed by atoms with van der Waals surface area (Å²) in [5.74, 6) is 0.823. The van der Waals surface area contributed by atoms with Crippen LogP contribution in [0.25, 0.3) is 10.8 Å². The molecule has 1 atom stereocenters. The summed E-state index contributed by atoms with van der Waals surface area (Å²) >= 11 is 1.54. The summed E-state index contributed by atoms with van der Waals surface area (Å²) in [6.45, 7) is 1.40. The molecule has 3 heterocycles. The molecule has 0 spiro atoms. The van der Waals surface area contributed by atoms with Crippen LogP contribution < -0.4 is 4.74 Å². The van der Waals surface area contributed by atoms with E-state index in [-0.39, 0.29) is 12.7 Å². The highest BCUT2D eigenvalue weighted by Gasteiger charge is 2.16. The Balaban J connectivity index is 1.28. The van der Waals surface area contributed by atoms with Gasteiger partial charge < -0.3 is 18.6 Å². The third kappa shape index (κ3) is 4.56. The molecule has 0 bridgehead atoms. The standard InChI is InChI=1S/C20H19NO5S/c22-20(26-12-15-11-25-19(21-15)18-4-2-10-27-18)14-5-7-16(8-6-14)24-13-17-3-1-9-23-17/h2,4-8,10-11,17H,1,3,9,12-13H2. The average molecular weight is 385 g/mol. The first-order valence-corrected chi connectivity index (χ1v) is 9.66. The van der Waals surface area contributed by atoms with Crippen LogP contribution in [-0.2, 0) is 16.1 Å².